The Morgan fingerprint density at radius 1 is 0.912 bits per heavy atom. The highest BCUT2D eigenvalue weighted by Gasteiger charge is 2.09. The van der Waals surface area contributed by atoms with Crippen molar-refractivity contribution in [3.8, 4) is 11.5 Å². The summed E-state index contributed by atoms with van der Waals surface area (Å²) in [4.78, 5) is 31.6. The molecule has 34 heavy (non-hydrogen) atoms. The summed E-state index contributed by atoms with van der Waals surface area (Å²) in [6, 6.07) is 20.1. The van der Waals surface area contributed by atoms with E-state index in [4.69, 9.17) is 9.84 Å². The van der Waals surface area contributed by atoms with Crippen molar-refractivity contribution in [3.63, 3.8) is 0 Å². The van der Waals surface area contributed by atoms with Gasteiger partial charge in [-0.3, -0.25) is 14.7 Å². The summed E-state index contributed by atoms with van der Waals surface area (Å²) in [6.45, 7) is 2.53. The zero-order valence-electron chi connectivity index (χ0n) is 19.5. The van der Waals surface area contributed by atoms with Crippen LogP contribution in [0.2, 0.25) is 0 Å². The highest BCUT2D eigenvalue weighted by Crippen LogP contribution is 2.22. The maximum absolute atomic E-state index is 12.4. The minimum atomic E-state index is -0.978. The fraction of sp³-hybridized carbons (Fsp3) is 0.269. The lowest BCUT2D eigenvalue weighted by molar-refractivity contribution is -0.117. The molecule has 1 amide bonds. The average Bonchev–Trinajstić information content (AvgIpc) is 2.81. The maximum Gasteiger partial charge on any atom is 0.337 e. The van der Waals surface area contributed by atoms with Crippen molar-refractivity contribution in [3.05, 3.63) is 84.2 Å². The largest absolute Gasteiger partial charge is 0.478 e. The maximum atomic E-state index is 12.4. The number of ether oxygens (including phenoxy) is 1. The summed E-state index contributed by atoms with van der Waals surface area (Å²) in [7, 11) is 3.91. The van der Waals surface area contributed by atoms with Crippen molar-refractivity contribution in [1.29, 1.82) is 0 Å². The third-order valence-corrected chi connectivity index (χ3v) is 5.11. The van der Waals surface area contributed by atoms with Gasteiger partial charge < -0.3 is 20.1 Å². The van der Waals surface area contributed by atoms with Crippen LogP contribution in [0.25, 0.3) is 0 Å². The molecule has 0 bridgehead atoms. The summed E-state index contributed by atoms with van der Waals surface area (Å²) in [6.07, 6.45) is 2.26. The first-order valence-corrected chi connectivity index (χ1v) is 11.1. The van der Waals surface area contributed by atoms with Gasteiger partial charge in [-0.05, 0) is 82.1 Å². The number of hydrogen-bond acceptors (Lipinski definition) is 6. The lowest BCUT2D eigenvalue weighted by atomic mass is 10.2. The Hall–Kier alpha value is -3.75. The standard InChI is InChI=1S/C26H30N4O4/c1-29(18-22-10-9-20(17-27-22)26(32)33)15-6-16-30(2)19-25(31)28-21-11-13-24(14-12-21)34-23-7-4-3-5-8-23/h3-5,7-14,17H,6,15-16,18-19H2,1-2H3,(H,28,31)(H,32,33). The lowest BCUT2D eigenvalue weighted by Gasteiger charge is -2.20. The number of nitrogens with zero attached hydrogens (tertiary/aromatic N) is 3. The number of carboxylic acid groups (broad SMARTS) is 1. The molecule has 2 N–H and O–H groups in total. The second-order valence-electron chi connectivity index (χ2n) is 8.16. The molecule has 178 valence electrons. The second-order valence-corrected chi connectivity index (χ2v) is 8.16. The molecular weight excluding hydrogens is 432 g/mol. The fourth-order valence-electron chi connectivity index (χ4n) is 3.37. The zero-order valence-corrected chi connectivity index (χ0v) is 19.5. The third kappa shape index (κ3) is 8.31. The van der Waals surface area contributed by atoms with Gasteiger partial charge in [0.15, 0.2) is 0 Å². The van der Waals surface area contributed by atoms with E-state index < -0.39 is 5.97 Å². The van der Waals surface area contributed by atoms with Crippen molar-refractivity contribution >= 4 is 17.6 Å². The second kappa shape index (κ2) is 12.5. The molecule has 0 aliphatic rings. The number of para-hydroxylation sites is 1. The van der Waals surface area contributed by atoms with Crippen molar-refractivity contribution in [2.24, 2.45) is 0 Å². The first kappa shape index (κ1) is 24.9. The molecule has 8 nitrogen and oxygen atoms in total. The summed E-state index contributed by atoms with van der Waals surface area (Å²) < 4.78 is 5.77. The molecule has 0 atom stereocenters. The van der Waals surface area contributed by atoms with Gasteiger partial charge in [0.05, 0.1) is 17.8 Å². The van der Waals surface area contributed by atoms with E-state index in [1.165, 1.54) is 6.20 Å². The smallest absolute Gasteiger partial charge is 0.337 e. The Balaban J connectivity index is 1.34. The number of nitrogens with one attached hydrogen (secondary N) is 1. The van der Waals surface area contributed by atoms with Gasteiger partial charge in [-0.1, -0.05) is 18.2 Å². The van der Waals surface area contributed by atoms with Crippen molar-refractivity contribution in [1.82, 2.24) is 14.8 Å². The van der Waals surface area contributed by atoms with E-state index in [-0.39, 0.29) is 11.5 Å². The average molecular weight is 463 g/mol. The summed E-state index contributed by atoms with van der Waals surface area (Å²) in [5, 5.41) is 11.9. The summed E-state index contributed by atoms with van der Waals surface area (Å²) in [5.41, 5.74) is 1.73. The number of likely N-dealkylation sites (N-methyl/N-ethyl adjacent to an activating group) is 1. The van der Waals surface area contributed by atoms with Crippen LogP contribution in [0.1, 0.15) is 22.5 Å². The van der Waals surface area contributed by atoms with Crippen LogP contribution >= 0.6 is 0 Å². The van der Waals surface area contributed by atoms with E-state index in [0.717, 1.165) is 36.6 Å². The monoisotopic (exact) mass is 462 g/mol. The molecule has 0 spiro atoms. The molecule has 2 aromatic carbocycles. The zero-order chi connectivity index (χ0) is 24.3. The molecule has 0 aliphatic heterocycles. The van der Waals surface area contributed by atoms with Gasteiger partial charge in [-0.2, -0.15) is 0 Å². The van der Waals surface area contributed by atoms with Gasteiger partial charge in [-0.25, -0.2) is 4.79 Å². The number of benzene rings is 2. The number of carbonyl (C=O) groups is 2. The third-order valence-electron chi connectivity index (χ3n) is 5.11. The molecule has 0 unspecified atom stereocenters. The van der Waals surface area contributed by atoms with Crippen LogP contribution in [0.3, 0.4) is 0 Å². The first-order chi connectivity index (χ1) is 16.4. The minimum absolute atomic E-state index is 0.0738. The van der Waals surface area contributed by atoms with E-state index in [1.54, 1.807) is 12.1 Å². The molecule has 0 radical (unpaired) electrons. The Kier molecular flexibility index (Phi) is 9.13. The first-order valence-electron chi connectivity index (χ1n) is 11.1. The van der Waals surface area contributed by atoms with Crippen molar-refractivity contribution < 1.29 is 19.4 Å². The van der Waals surface area contributed by atoms with E-state index >= 15 is 0 Å². The number of amides is 1. The molecule has 1 aromatic heterocycles. The Morgan fingerprint density at radius 2 is 1.59 bits per heavy atom. The van der Waals surface area contributed by atoms with Gasteiger partial charge in [-0.15, -0.1) is 0 Å². The number of hydrogen-bond donors (Lipinski definition) is 2. The van der Waals surface area contributed by atoms with E-state index in [1.807, 2.05) is 73.6 Å². The molecule has 0 saturated heterocycles. The van der Waals surface area contributed by atoms with Crippen LogP contribution in [0.4, 0.5) is 5.69 Å². The Bertz CT molecular complexity index is 1060. The number of aromatic carboxylic acids is 1. The molecule has 3 rings (SSSR count). The van der Waals surface area contributed by atoms with Gasteiger partial charge in [0, 0.05) is 18.4 Å². The predicted molar refractivity (Wildman–Crippen MR) is 131 cm³/mol. The number of carboxylic acids is 1. The number of anilines is 1. The quantitative estimate of drug-likeness (QED) is 0.421. The van der Waals surface area contributed by atoms with E-state index in [2.05, 4.69) is 15.2 Å². The Morgan fingerprint density at radius 3 is 2.24 bits per heavy atom. The van der Waals surface area contributed by atoms with Gasteiger partial charge >= 0.3 is 5.97 Å². The van der Waals surface area contributed by atoms with Gasteiger partial charge in [0.1, 0.15) is 11.5 Å². The topological polar surface area (TPSA) is 95.0 Å². The normalized spacial score (nSPS) is 10.9. The number of carbonyl (C=O) groups excluding carboxylic acids is 1. The fourth-order valence-corrected chi connectivity index (χ4v) is 3.37. The van der Waals surface area contributed by atoms with Crippen LogP contribution < -0.4 is 10.1 Å². The van der Waals surface area contributed by atoms with Crippen LogP contribution in [0.15, 0.2) is 72.9 Å². The number of aromatic nitrogens is 1. The highest BCUT2D eigenvalue weighted by molar-refractivity contribution is 5.92. The molecular formula is C26H30N4O4. The summed E-state index contributed by atoms with van der Waals surface area (Å²) >= 11 is 0. The van der Waals surface area contributed by atoms with E-state index in [9.17, 15) is 9.59 Å². The van der Waals surface area contributed by atoms with Crippen molar-refractivity contribution in [2.75, 3.05) is 39.0 Å². The number of rotatable bonds is 12. The predicted octanol–water partition coefficient (Wildman–Crippen LogP) is 3.96. The SMILES string of the molecule is CN(CCCN(C)Cc1ccc(C(=O)O)cn1)CC(=O)Nc1ccc(Oc2ccccc2)cc1. The van der Waals surface area contributed by atoms with Crippen molar-refractivity contribution in [2.45, 2.75) is 13.0 Å². The molecule has 0 fully saturated rings. The molecule has 0 saturated carbocycles. The van der Waals surface area contributed by atoms with Crippen LogP contribution in [0, 0.1) is 0 Å². The molecule has 1 heterocycles. The highest BCUT2D eigenvalue weighted by atomic mass is 16.5. The van der Waals surface area contributed by atoms with E-state index in [0.29, 0.717) is 18.8 Å². The van der Waals surface area contributed by atoms with Crippen LogP contribution in [0.5, 0.6) is 11.5 Å². The number of pyridine rings is 1. The molecule has 8 heteroatoms. The Labute approximate surface area is 199 Å². The van der Waals surface area contributed by atoms with Gasteiger partial charge in [0.25, 0.3) is 0 Å². The minimum Gasteiger partial charge on any atom is -0.478 e. The summed E-state index contributed by atoms with van der Waals surface area (Å²) in [5.74, 6) is 0.418. The molecule has 3 aromatic rings. The molecule has 0 aliphatic carbocycles. The van der Waals surface area contributed by atoms with Gasteiger partial charge in [0.2, 0.25) is 5.91 Å². The van der Waals surface area contributed by atoms with Crippen LogP contribution in [-0.2, 0) is 11.3 Å². The van der Waals surface area contributed by atoms with Crippen LogP contribution in [-0.4, -0.2) is 65.5 Å². The lowest BCUT2D eigenvalue weighted by Crippen LogP contribution is -2.32.